The van der Waals surface area contributed by atoms with Crippen molar-refractivity contribution in [3.05, 3.63) is 90.0 Å². The van der Waals surface area contributed by atoms with E-state index in [9.17, 15) is 9.59 Å². The first-order chi connectivity index (χ1) is 15.1. The Morgan fingerprint density at radius 1 is 1.03 bits per heavy atom. The summed E-state index contributed by atoms with van der Waals surface area (Å²) in [6.07, 6.45) is 2.95. The van der Waals surface area contributed by atoms with Crippen LogP contribution >= 0.6 is 0 Å². The standard InChI is InChI=1S/C23H20N4O4/c1-30-18-10-6-16(7-11-18)21-19(14-25-27-21)22(28)24-13-15-4-8-17(9-5-15)26-23(29)20-3-2-12-31-20/h2-12,14H,13H2,1H3,(H,24,28)(H,25,27)(H,26,29). The Labute approximate surface area is 178 Å². The molecule has 4 rings (SSSR count). The van der Waals surface area contributed by atoms with Crippen molar-refractivity contribution in [3.8, 4) is 17.0 Å². The number of aromatic nitrogens is 2. The molecule has 0 radical (unpaired) electrons. The highest BCUT2D eigenvalue weighted by Crippen LogP contribution is 2.23. The molecule has 0 spiro atoms. The van der Waals surface area contributed by atoms with Crippen LogP contribution in [0.5, 0.6) is 5.75 Å². The van der Waals surface area contributed by atoms with Gasteiger partial charge in [-0.25, -0.2) is 0 Å². The molecular formula is C23H20N4O4. The van der Waals surface area contributed by atoms with Crippen LogP contribution in [0.25, 0.3) is 11.3 Å². The van der Waals surface area contributed by atoms with E-state index in [4.69, 9.17) is 9.15 Å². The number of benzene rings is 2. The summed E-state index contributed by atoms with van der Waals surface area (Å²) in [6.45, 7) is 0.332. The van der Waals surface area contributed by atoms with Gasteiger partial charge in [-0.2, -0.15) is 5.10 Å². The molecule has 0 saturated carbocycles. The van der Waals surface area contributed by atoms with Crippen LogP contribution in [0.3, 0.4) is 0 Å². The van der Waals surface area contributed by atoms with Crippen LogP contribution < -0.4 is 15.4 Å². The predicted octanol–water partition coefficient (Wildman–Crippen LogP) is 3.86. The highest BCUT2D eigenvalue weighted by molar-refractivity contribution is 6.02. The number of nitrogens with zero attached hydrogens (tertiary/aromatic N) is 1. The lowest BCUT2D eigenvalue weighted by Gasteiger charge is -2.08. The van der Waals surface area contributed by atoms with Crippen LogP contribution in [-0.4, -0.2) is 29.1 Å². The number of anilines is 1. The summed E-state index contributed by atoms with van der Waals surface area (Å²) in [5.41, 5.74) is 3.44. The number of amides is 2. The quantitative estimate of drug-likeness (QED) is 0.424. The third kappa shape index (κ3) is 4.64. The van der Waals surface area contributed by atoms with Crippen molar-refractivity contribution in [2.75, 3.05) is 12.4 Å². The third-order valence-electron chi connectivity index (χ3n) is 4.67. The van der Waals surface area contributed by atoms with E-state index in [0.29, 0.717) is 23.5 Å². The maximum atomic E-state index is 12.7. The Balaban J connectivity index is 1.37. The second-order valence-electron chi connectivity index (χ2n) is 6.70. The average molecular weight is 416 g/mol. The first-order valence-electron chi connectivity index (χ1n) is 9.54. The molecule has 0 aliphatic carbocycles. The summed E-state index contributed by atoms with van der Waals surface area (Å²) in [4.78, 5) is 24.7. The number of ether oxygens (including phenoxy) is 1. The van der Waals surface area contributed by atoms with Gasteiger partial charge in [-0.15, -0.1) is 0 Å². The number of rotatable bonds is 7. The van der Waals surface area contributed by atoms with Crippen molar-refractivity contribution in [1.29, 1.82) is 0 Å². The van der Waals surface area contributed by atoms with Crippen LogP contribution in [0, 0.1) is 0 Å². The second kappa shape index (κ2) is 9.00. The Bertz CT molecular complexity index is 1160. The lowest BCUT2D eigenvalue weighted by Crippen LogP contribution is -2.23. The van der Waals surface area contributed by atoms with Crippen molar-refractivity contribution in [2.24, 2.45) is 0 Å². The molecule has 156 valence electrons. The van der Waals surface area contributed by atoms with Crippen molar-refractivity contribution in [2.45, 2.75) is 6.54 Å². The maximum absolute atomic E-state index is 12.7. The fourth-order valence-corrected chi connectivity index (χ4v) is 3.02. The number of H-pyrrole nitrogens is 1. The molecule has 3 N–H and O–H groups in total. The van der Waals surface area contributed by atoms with Gasteiger partial charge in [0.1, 0.15) is 5.75 Å². The summed E-state index contributed by atoms with van der Waals surface area (Å²) >= 11 is 0. The number of hydrogen-bond donors (Lipinski definition) is 3. The van der Waals surface area contributed by atoms with Crippen LogP contribution in [0.15, 0.2) is 77.5 Å². The number of carbonyl (C=O) groups is 2. The molecule has 0 saturated heterocycles. The number of furan rings is 1. The number of hydrogen-bond acceptors (Lipinski definition) is 5. The van der Waals surface area contributed by atoms with E-state index >= 15 is 0 Å². The number of nitrogens with one attached hydrogen (secondary N) is 3. The zero-order valence-electron chi connectivity index (χ0n) is 16.7. The van der Waals surface area contributed by atoms with E-state index in [2.05, 4.69) is 20.8 Å². The molecule has 31 heavy (non-hydrogen) atoms. The zero-order valence-corrected chi connectivity index (χ0v) is 16.7. The molecule has 2 amide bonds. The highest BCUT2D eigenvalue weighted by atomic mass is 16.5. The second-order valence-corrected chi connectivity index (χ2v) is 6.70. The lowest BCUT2D eigenvalue weighted by molar-refractivity contribution is 0.0950. The minimum atomic E-state index is -0.322. The van der Waals surface area contributed by atoms with Gasteiger partial charge >= 0.3 is 0 Å². The van der Waals surface area contributed by atoms with E-state index in [-0.39, 0.29) is 17.6 Å². The van der Waals surface area contributed by atoms with E-state index in [1.54, 1.807) is 31.4 Å². The fourth-order valence-electron chi connectivity index (χ4n) is 3.02. The van der Waals surface area contributed by atoms with Crippen molar-refractivity contribution < 1.29 is 18.7 Å². The molecule has 0 fully saturated rings. The molecule has 0 unspecified atom stereocenters. The number of methoxy groups -OCH3 is 1. The summed E-state index contributed by atoms with van der Waals surface area (Å²) in [5.74, 6) is 0.411. The van der Waals surface area contributed by atoms with E-state index in [1.165, 1.54) is 12.5 Å². The van der Waals surface area contributed by atoms with Crippen LogP contribution in [-0.2, 0) is 6.54 Å². The van der Waals surface area contributed by atoms with Gasteiger partial charge in [0.25, 0.3) is 11.8 Å². The molecule has 8 nitrogen and oxygen atoms in total. The predicted molar refractivity (Wildman–Crippen MR) is 115 cm³/mol. The SMILES string of the molecule is COc1ccc(-c2[nH]ncc2C(=O)NCc2ccc(NC(=O)c3ccco3)cc2)cc1. The normalized spacial score (nSPS) is 10.5. The number of carbonyl (C=O) groups excluding carboxylic acids is 2. The number of aromatic amines is 1. The highest BCUT2D eigenvalue weighted by Gasteiger charge is 2.15. The fraction of sp³-hybridized carbons (Fsp3) is 0.0870. The smallest absolute Gasteiger partial charge is 0.291 e. The van der Waals surface area contributed by atoms with E-state index < -0.39 is 0 Å². The van der Waals surface area contributed by atoms with E-state index in [0.717, 1.165) is 16.9 Å². The van der Waals surface area contributed by atoms with Crippen molar-refractivity contribution >= 4 is 17.5 Å². The van der Waals surface area contributed by atoms with Gasteiger partial charge in [0.15, 0.2) is 5.76 Å². The first-order valence-corrected chi connectivity index (χ1v) is 9.54. The Hall–Kier alpha value is -4.33. The molecule has 0 aliphatic rings. The topological polar surface area (TPSA) is 109 Å². The summed E-state index contributed by atoms with van der Waals surface area (Å²) in [7, 11) is 1.60. The molecule has 2 aromatic heterocycles. The van der Waals surface area contributed by atoms with Crippen molar-refractivity contribution in [3.63, 3.8) is 0 Å². The van der Waals surface area contributed by atoms with Gasteiger partial charge in [0.2, 0.25) is 0 Å². The van der Waals surface area contributed by atoms with Gasteiger partial charge < -0.3 is 19.8 Å². The van der Waals surface area contributed by atoms with Gasteiger partial charge in [0.05, 0.1) is 30.8 Å². The van der Waals surface area contributed by atoms with Gasteiger partial charge in [-0.3, -0.25) is 14.7 Å². The Morgan fingerprint density at radius 3 is 2.48 bits per heavy atom. The molecular weight excluding hydrogens is 396 g/mol. The molecule has 0 atom stereocenters. The lowest BCUT2D eigenvalue weighted by atomic mass is 10.1. The molecule has 0 aliphatic heterocycles. The van der Waals surface area contributed by atoms with Crippen LogP contribution in [0.2, 0.25) is 0 Å². The minimum Gasteiger partial charge on any atom is -0.497 e. The largest absolute Gasteiger partial charge is 0.497 e. The molecule has 0 bridgehead atoms. The summed E-state index contributed by atoms with van der Waals surface area (Å²) in [6, 6.07) is 17.8. The van der Waals surface area contributed by atoms with Gasteiger partial charge in [-0.05, 0) is 54.1 Å². The molecule has 2 aromatic carbocycles. The molecule has 2 heterocycles. The molecule has 4 aromatic rings. The Morgan fingerprint density at radius 2 is 1.81 bits per heavy atom. The summed E-state index contributed by atoms with van der Waals surface area (Å²) in [5, 5.41) is 12.5. The van der Waals surface area contributed by atoms with Gasteiger partial charge in [-0.1, -0.05) is 12.1 Å². The monoisotopic (exact) mass is 416 g/mol. The Kier molecular flexibility index (Phi) is 5.79. The van der Waals surface area contributed by atoms with Crippen LogP contribution in [0.1, 0.15) is 26.5 Å². The van der Waals surface area contributed by atoms with Crippen molar-refractivity contribution in [1.82, 2.24) is 15.5 Å². The average Bonchev–Trinajstić information content (AvgIpc) is 3.51. The molecule has 8 heteroatoms. The van der Waals surface area contributed by atoms with Crippen LogP contribution in [0.4, 0.5) is 5.69 Å². The minimum absolute atomic E-state index is 0.240. The third-order valence-corrected chi connectivity index (χ3v) is 4.67. The summed E-state index contributed by atoms with van der Waals surface area (Å²) < 4.78 is 10.2. The van der Waals surface area contributed by atoms with Gasteiger partial charge in [0, 0.05) is 17.8 Å². The van der Waals surface area contributed by atoms with E-state index in [1.807, 2.05) is 36.4 Å². The maximum Gasteiger partial charge on any atom is 0.291 e. The zero-order chi connectivity index (χ0) is 21.6. The first kappa shape index (κ1) is 20.0.